The Labute approximate surface area is 110 Å². The third-order valence-electron chi connectivity index (χ3n) is 3.04. The maximum Gasteiger partial charge on any atom is 0.157 e. The van der Waals surface area contributed by atoms with Crippen molar-refractivity contribution in [2.45, 2.75) is 46.0 Å². The van der Waals surface area contributed by atoms with E-state index in [4.69, 9.17) is 0 Å². The maximum atomic E-state index is 4.62. The molecule has 0 N–H and O–H groups in total. The Morgan fingerprint density at radius 2 is 2.12 bits per heavy atom. The lowest BCUT2D eigenvalue weighted by Gasteiger charge is -2.02. The van der Waals surface area contributed by atoms with E-state index in [2.05, 4.69) is 58.9 Å². The van der Waals surface area contributed by atoms with E-state index in [9.17, 15) is 0 Å². The fourth-order valence-corrected chi connectivity index (χ4v) is 2.54. The number of pyridine rings is 1. The molecule has 4 heteroatoms. The zero-order valence-electron chi connectivity index (χ0n) is 10.6. The number of fused-ring (bicyclic) bond motifs is 1. The Morgan fingerprint density at radius 3 is 2.76 bits per heavy atom. The van der Waals surface area contributed by atoms with Crippen LogP contribution in [0.5, 0.6) is 0 Å². The molecule has 0 aliphatic heterocycles. The smallest absolute Gasteiger partial charge is 0.157 e. The molecule has 2 aromatic heterocycles. The second kappa shape index (κ2) is 5.17. The highest BCUT2D eigenvalue weighted by Crippen LogP contribution is 2.21. The minimum Gasteiger partial charge on any atom is -0.212 e. The van der Waals surface area contributed by atoms with Gasteiger partial charge in [0.2, 0.25) is 0 Å². The molecule has 0 aliphatic rings. The van der Waals surface area contributed by atoms with Gasteiger partial charge in [-0.1, -0.05) is 27.2 Å². The first kappa shape index (κ1) is 12.6. The SMILES string of the molecule is CCCC(C)c1nc2cc(CC)cc(Br)n2n1. The maximum absolute atomic E-state index is 4.62. The van der Waals surface area contributed by atoms with E-state index in [1.54, 1.807) is 0 Å². The van der Waals surface area contributed by atoms with Gasteiger partial charge in [-0.3, -0.25) is 0 Å². The number of rotatable bonds is 4. The van der Waals surface area contributed by atoms with Crippen LogP contribution >= 0.6 is 15.9 Å². The number of halogens is 1. The molecule has 17 heavy (non-hydrogen) atoms. The van der Waals surface area contributed by atoms with Crippen molar-refractivity contribution in [2.75, 3.05) is 0 Å². The largest absolute Gasteiger partial charge is 0.212 e. The van der Waals surface area contributed by atoms with Crippen LogP contribution in [0.4, 0.5) is 0 Å². The summed E-state index contributed by atoms with van der Waals surface area (Å²) in [6.07, 6.45) is 3.31. The van der Waals surface area contributed by atoms with Gasteiger partial charge in [-0.05, 0) is 46.5 Å². The molecule has 2 rings (SSSR count). The molecule has 0 bridgehead atoms. The van der Waals surface area contributed by atoms with E-state index >= 15 is 0 Å². The molecule has 2 aromatic rings. The van der Waals surface area contributed by atoms with Crippen molar-refractivity contribution in [2.24, 2.45) is 0 Å². The van der Waals surface area contributed by atoms with E-state index in [-0.39, 0.29) is 0 Å². The molecule has 0 amide bonds. The van der Waals surface area contributed by atoms with Gasteiger partial charge in [0, 0.05) is 5.92 Å². The monoisotopic (exact) mass is 295 g/mol. The average Bonchev–Trinajstić information content (AvgIpc) is 2.73. The molecule has 0 saturated carbocycles. The second-order valence-electron chi connectivity index (χ2n) is 4.47. The number of nitrogens with zero attached hydrogens (tertiary/aromatic N) is 3. The zero-order valence-corrected chi connectivity index (χ0v) is 12.2. The van der Waals surface area contributed by atoms with Crippen molar-refractivity contribution in [3.63, 3.8) is 0 Å². The van der Waals surface area contributed by atoms with Crippen LogP contribution in [0, 0.1) is 0 Å². The predicted molar refractivity (Wildman–Crippen MR) is 73.4 cm³/mol. The molecule has 2 heterocycles. The van der Waals surface area contributed by atoms with Crippen LogP contribution in [-0.4, -0.2) is 14.6 Å². The van der Waals surface area contributed by atoms with E-state index in [0.29, 0.717) is 5.92 Å². The van der Waals surface area contributed by atoms with E-state index in [1.807, 2.05) is 4.52 Å². The Bertz CT molecular complexity index is 519. The Kier molecular flexibility index (Phi) is 3.82. The zero-order chi connectivity index (χ0) is 12.4. The Morgan fingerprint density at radius 1 is 1.35 bits per heavy atom. The summed E-state index contributed by atoms with van der Waals surface area (Å²) in [5.74, 6) is 1.37. The molecule has 1 atom stereocenters. The normalized spacial score (nSPS) is 13.2. The topological polar surface area (TPSA) is 30.2 Å². The molecule has 1 unspecified atom stereocenters. The van der Waals surface area contributed by atoms with E-state index < -0.39 is 0 Å². The third-order valence-corrected chi connectivity index (χ3v) is 3.61. The number of hydrogen-bond acceptors (Lipinski definition) is 2. The van der Waals surface area contributed by atoms with Crippen LogP contribution in [0.15, 0.2) is 16.7 Å². The lowest BCUT2D eigenvalue weighted by Crippen LogP contribution is -1.97. The summed E-state index contributed by atoms with van der Waals surface area (Å²) in [4.78, 5) is 4.62. The first-order valence-electron chi connectivity index (χ1n) is 6.20. The predicted octanol–water partition coefficient (Wildman–Crippen LogP) is 3.96. The lowest BCUT2D eigenvalue weighted by molar-refractivity contribution is 0.625. The van der Waals surface area contributed by atoms with Gasteiger partial charge in [0.1, 0.15) is 4.60 Å². The summed E-state index contributed by atoms with van der Waals surface area (Å²) >= 11 is 3.55. The summed E-state index contributed by atoms with van der Waals surface area (Å²) in [5.41, 5.74) is 2.22. The molecule has 0 saturated heterocycles. The second-order valence-corrected chi connectivity index (χ2v) is 5.28. The number of aromatic nitrogens is 3. The summed E-state index contributed by atoms with van der Waals surface area (Å²) in [6, 6.07) is 4.22. The van der Waals surface area contributed by atoms with Gasteiger partial charge in [0.05, 0.1) is 0 Å². The highest BCUT2D eigenvalue weighted by atomic mass is 79.9. The Balaban J connectivity index is 2.46. The standard InChI is InChI=1S/C13H18BrN3/c1-4-6-9(3)13-15-12-8-10(5-2)7-11(14)17(12)16-13/h7-9H,4-6H2,1-3H3. The van der Waals surface area contributed by atoms with Crippen molar-refractivity contribution >= 4 is 21.6 Å². The molecular formula is C13H18BrN3. The van der Waals surface area contributed by atoms with E-state index in [0.717, 1.165) is 35.3 Å². The van der Waals surface area contributed by atoms with Gasteiger partial charge in [-0.15, -0.1) is 5.10 Å². The summed E-state index contributed by atoms with van der Waals surface area (Å²) in [5, 5.41) is 4.56. The van der Waals surface area contributed by atoms with Gasteiger partial charge in [-0.2, -0.15) is 0 Å². The van der Waals surface area contributed by atoms with Crippen molar-refractivity contribution in [3.05, 3.63) is 28.1 Å². The minimum atomic E-state index is 0.428. The molecule has 0 radical (unpaired) electrons. The molecule has 0 aromatic carbocycles. The first-order valence-corrected chi connectivity index (χ1v) is 7.00. The average molecular weight is 296 g/mol. The van der Waals surface area contributed by atoms with Gasteiger partial charge < -0.3 is 0 Å². The minimum absolute atomic E-state index is 0.428. The lowest BCUT2D eigenvalue weighted by atomic mass is 10.1. The van der Waals surface area contributed by atoms with Crippen LogP contribution < -0.4 is 0 Å². The van der Waals surface area contributed by atoms with Gasteiger partial charge >= 0.3 is 0 Å². The van der Waals surface area contributed by atoms with Crippen LogP contribution in [0.3, 0.4) is 0 Å². The highest BCUT2D eigenvalue weighted by Gasteiger charge is 2.13. The fourth-order valence-electron chi connectivity index (χ4n) is 1.99. The van der Waals surface area contributed by atoms with Crippen molar-refractivity contribution in [1.82, 2.24) is 14.6 Å². The van der Waals surface area contributed by atoms with Crippen LogP contribution in [-0.2, 0) is 6.42 Å². The van der Waals surface area contributed by atoms with Crippen molar-refractivity contribution < 1.29 is 0 Å². The highest BCUT2D eigenvalue weighted by molar-refractivity contribution is 9.10. The third kappa shape index (κ3) is 2.51. The molecule has 92 valence electrons. The molecule has 3 nitrogen and oxygen atoms in total. The molecule has 0 spiro atoms. The molecule has 0 fully saturated rings. The molecular weight excluding hydrogens is 278 g/mol. The van der Waals surface area contributed by atoms with Crippen molar-refractivity contribution in [3.8, 4) is 0 Å². The number of aryl methyl sites for hydroxylation is 1. The van der Waals surface area contributed by atoms with Crippen molar-refractivity contribution in [1.29, 1.82) is 0 Å². The van der Waals surface area contributed by atoms with Gasteiger partial charge in [-0.25, -0.2) is 9.50 Å². The van der Waals surface area contributed by atoms with Crippen LogP contribution in [0.1, 0.15) is 50.9 Å². The van der Waals surface area contributed by atoms with Gasteiger partial charge in [0.15, 0.2) is 11.5 Å². The van der Waals surface area contributed by atoms with E-state index in [1.165, 1.54) is 5.56 Å². The fraction of sp³-hybridized carbons (Fsp3) is 0.538. The van der Waals surface area contributed by atoms with Gasteiger partial charge in [0.25, 0.3) is 0 Å². The summed E-state index contributed by atoms with van der Waals surface area (Å²) < 4.78 is 2.86. The quantitative estimate of drug-likeness (QED) is 0.799. The van der Waals surface area contributed by atoms with Crippen LogP contribution in [0.25, 0.3) is 5.65 Å². The molecule has 0 aliphatic carbocycles. The summed E-state index contributed by atoms with van der Waals surface area (Å²) in [6.45, 7) is 6.53. The Hall–Kier alpha value is -0.900. The first-order chi connectivity index (χ1) is 8.15. The summed E-state index contributed by atoms with van der Waals surface area (Å²) in [7, 11) is 0. The van der Waals surface area contributed by atoms with Crippen LogP contribution in [0.2, 0.25) is 0 Å². The number of hydrogen-bond donors (Lipinski definition) is 0.